The highest BCUT2D eigenvalue weighted by molar-refractivity contribution is 6.46. The lowest BCUT2D eigenvalue weighted by atomic mass is 9.97. The number of nitrogens with zero attached hydrogens (tertiary/aromatic N) is 2. The van der Waals surface area contributed by atoms with E-state index in [-0.39, 0.29) is 22.0 Å². The highest BCUT2D eigenvalue weighted by Gasteiger charge is 2.41. The lowest BCUT2D eigenvalue weighted by Gasteiger charge is -2.16. The smallest absolute Gasteiger partial charge is 0.282 e. The maximum absolute atomic E-state index is 13.7. The minimum Gasteiger partial charge on any atom is -0.378 e. The van der Waals surface area contributed by atoms with Gasteiger partial charge in [0.05, 0.1) is 16.3 Å². The number of amides is 2. The van der Waals surface area contributed by atoms with Crippen LogP contribution in [0.2, 0.25) is 5.02 Å². The van der Waals surface area contributed by atoms with E-state index in [1.165, 1.54) is 12.1 Å². The van der Waals surface area contributed by atoms with Gasteiger partial charge in [0.15, 0.2) is 0 Å². The largest absolute Gasteiger partial charge is 0.378 e. The molecule has 0 bridgehead atoms. The summed E-state index contributed by atoms with van der Waals surface area (Å²) in [4.78, 5) is 30.0. The summed E-state index contributed by atoms with van der Waals surface area (Å²) in [5, 5.41) is 2.98. The molecule has 0 radical (unpaired) electrons. The van der Waals surface area contributed by atoms with Crippen LogP contribution in [-0.4, -0.2) is 25.9 Å². The number of hydrogen-bond acceptors (Lipinski definition) is 4. The number of nitrogens with one attached hydrogen (secondary N) is 1. The summed E-state index contributed by atoms with van der Waals surface area (Å²) in [5.41, 5.74) is 4.86. The topological polar surface area (TPSA) is 52.7 Å². The molecule has 4 rings (SSSR count). The Morgan fingerprint density at radius 3 is 2.21 bits per heavy atom. The van der Waals surface area contributed by atoms with Crippen molar-refractivity contribution >= 4 is 46.1 Å². The van der Waals surface area contributed by atoms with Gasteiger partial charge in [-0.15, -0.1) is 0 Å². The zero-order valence-corrected chi connectivity index (χ0v) is 19.5. The lowest BCUT2D eigenvalue weighted by molar-refractivity contribution is -0.120. The Balaban J connectivity index is 1.82. The first kappa shape index (κ1) is 22.6. The van der Waals surface area contributed by atoms with Gasteiger partial charge < -0.3 is 10.2 Å². The van der Waals surface area contributed by atoms with Crippen LogP contribution in [0, 0.1) is 19.7 Å². The molecule has 0 spiro atoms. The average Bonchev–Trinajstić information content (AvgIpc) is 3.00. The molecule has 1 N–H and O–H groups in total. The van der Waals surface area contributed by atoms with Crippen LogP contribution in [0.25, 0.3) is 5.57 Å². The van der Waals surface area contributed by atoms with Gasteiger partial charge in [0.2, 0.25) is 0 Å². The first-order valence-corrected chi connectivity index (χ1v) is 10.8. The van der Waals surface area contributed by atoms with Gasteiger partial charge in [-0.05, 0) is 67.4 Å². The maximum atomic E-state index is 13.7. The number of aryl methyl sites for hydroxylation is 2. The number of anilines is 3. The van der Waals surface area contributed by atoms with E-state index in [1.807, 2.05) is 75.3 Å². The van der Waals surface area contributed by atoms with Gasteiger partial charge in [0, 0.05) is 25.5 Å². The van der Waals surface area contributed by atoms with E-state index in [2.05, 4.69) is 5.32 Å². The summed E-state index contributed by atoms with van der Waals surface area (Å²) >= 11 is 5.93. The fourth-order valence-corrected chi connectivity index (χ4v) is 4.01. The number of hydrogen-bond donors (Lipinski definition) is 1. The summed E-state index contributed by atoms with van der Waals surface area (Å²) in [5.74, 6) is -1.65. The predicted octanol–water partition coefficient (Wildman–Crippen LogP) is 5.56. The van der Waals surface area contributed by atoms with Gasteiger partial charge in [0.25, 0.3) is 11.8 Å². The van der Waals surface area contributed by atoms with Crippen molar-refractivity contribution in [3.05, 3.63) is 93.9 Å². The average molecular weight is 464 g/mol. The molecule has 3 aromatic carbocycles. The van der Waals surface area contributed by atoms with Crippen molar-refractivity contribution in [3.63, 3.8) is 0 Å². The third kappa shape index (κ3) is 4.22. The van der Waals surface area contributed by atoms with Gasteiger partial charge in [-0.25, -0.2) is 9.29 Å². The minimum absolute atomic E-state index is 0.157. The van der Waals surface area contributed by atoms with Crippen LogP contribution in [0.15, 0.2) is 66.4 Å². The number of imide groups is 1. The molecule has 1 aliphatic rings. The third-order valence-corrected chi connectivity index (χ3v) is 5.84. The molecule has 0 saturated heterocycles. The van der Waals surface area contributed by atoms with Gasteiger partial charge >= 0.3 is 0 Å². The van der Waals surface area contributed by atoms with Crippen molar-refractivity contribution in [1.82, 2.24) is 0 Å². The monoisotopic (exact) mass is 463 g/mol. The zero-order valence-electron chi connectivity index (χ0n) is 18.7. The van der Waals surface area contributed by atoms with Crippen LogP contribution >= 0.6 is 11.6 Å². The van der Waals surface area contributed by atoms with Gasteiger partial charge in [-0.2, -0.15) is 0 Å². The summed E-state index contributed by atoms with van der Waals surface area (Å²) in [6.07, 6.45) is 0. The Morgan fingerprint density at radius 2 is 1.61 bits per heavy atom. The number of carbonyl (C=O) groups is 2. The van der Waals surface area contributed by atoms with E-state index in [1.54, 1.807) is 0 Å². The molecule has 0 aliphatic carbocycles. The van der Waals surface area contributed by atoms with Gasteiger partial charge in [-0.3, -0.25) is 9.59 Å². The molecule has 0 unspecified atom stereocenters. The summed E-state index contributed by atoms with van der Waals surface area (Å²) in [6.45, 7) is 3.86. The second kappa shape index (κ2) is 8.71. The summed E-state index contributed by atoms with van der Waals surface area (Å²) in [7, 11) is 3.88. The Bertz CT molecular complexity index is 1300. The standard InChI is InChI=1S/C26H23ClFN3O2/c1-15-5-11-20(16(2)13-15)23-24(29-17-6-8-18(9-7-17)30(3)4)26(33)31(25(23)32)19-10-12-22(28)21(27)14-19/h5-14,29H,1-4H3. The molecule has 1 aliphatic heterocycles. The second-order valence-corrected chi connectivity index (χ2v) is 8.59. The van der Waals surface area contributed by atoms with Crippen LogP contribution in [0.1, 0.15) is 16.7 Å². The van der Waals surface area contributed by atoms with Crippen molar-refractivity contribution in [2.45, 2.75) is 13.8 Å². The molecule has 0 saturated carbocycles. The number of halogens is 2. The number of benzene rings is 3. The van der Waals surface area contributed by atoms with Crippen LogP contribution in [0.5, 0.6) is 0 Å². The molecular formula is C26H23ClFN3O2. The summed E-state index contributed by atoms with van der Waals surface area (Å²) in [6, 6.07) is 17.0. The minimum atomic E-state index is -0.624. The summed E-state index contributed by atoms with van der Waals surface area (Å²) < 4.78 is 13.7. The molecule has 2 amide bonds. The van der Waals surface area contributed by atoms with E-state index in [4.69, 9.17) is 11.6 Å². The second-order valence-electron chi connectivity index (χ2n) is 8.18. The van der Waals surface area contributed by atoms with Crippen LogP contribution in [0.4, 0.5) is 21.5 Å². The first-order valence-electron chi connectivity index (χ1n) is 10.4. The van der Waals surface area contributed by atoms with Gasteiger partial charge in [-0.1, -0.05) is 35.4 Å². The van der Waals surface area contributed by atoms with E-state index >= 15 is 0 Å². The van der Waals surface area contributed by atoms with Crippen LogP contribution < -0.4 is 15.1 Å². The third-order valence-electron chi connectivity index (χ3n) is 5.55. The van der Waals surface area contributed by atoms with Gasteiger partial charge in [0.1, 0.15) is 11.5 Å². The molecule has 3 aromatic rings. The predicted molar refractivity (Wildman–Crippen MR) is 131 cm³/mol. The Labute approximate surface area is 197 Å². The lowest BCUT2D eigenvalue weighted by Crippen LogP contribution is -2.32. The fourth-order valence-electron chi connectivity index (χ4n) is 3.84. The number of rotatable bonds is 5. The van der Waals surface area contributed by atoms with Crippen LogP contribution in [-0.2, 0) is 9.59 Å². The van der Waals surface area contributed by atoms with E-state index in [0.29, 0.717) is 11.3 Å². The van der Waals surface area contributed by atoms with Crippen molar-refractivity contribution in [2.75, 3.05) is 29.2 Å². The Kier molecular flexibility index (Phi) is 5.95. The highest BCUT2D eigenvalue weighted by Crippen LogP contribution is 2.36. The quantitative estimate of drug-likeness (QED) is 0.503. The van der Waals surface area contributed by atoms with E-state index in [0.717, 1.165) is 27.8 Å². The maximum Gasteiger partial charge on any atom is 0.282 e. The highest BCUT2D eigenvalue weighted by atomic mass is 35.5. The van der Waals surface area contributed by atoms with Crippen LogP contribution in [0.3, 0.4) is 0 Å². The SMILES string of the molecule is Cc1ccc(C2=C(Nc3ccc(N(C)C)cc3)C(=O)N(c3ccc(F)c(Cl)c3)C2=O)c(C)c1. The molecule has 5 nitrogen and oxygen atoms in total. The first-order chi connectivity index (χ1) is 15.7. The molecule has 33 heavy (non-hydrogen) atoms. The normalized spacial score (nSPS) is 13.7. The molecule has 7 heteroatoms. The van der Waals surface area contributed by atoms with Crippen molar-refractivity contribution < 1.29 is 14.0 Å². The molecule has 168 valence electrons. The number of carbonyl (C=O) groups excluding carboxylic acids is 2. The molecule has 0 atom stereocenters. The van der Waals surface area contributed by atoms with E-state index < -0.39 is 17.6 Å². The Morgan fingerprint density at radius 1 is 0.909 bits per heavy atom. The zero-order chi connectivity index (χ0) is 23.9. The Hall–Kier alpha value is -3.64. The van der Waals surface area contributed by atoms with Crippen molar-refractivity contribution in [3.8, 4) is 0 Å². The van der Waals surface area contributed by atoms with Crippen molar-refractivity contribution in [2.24, 2.45) is 0 Å². The molecule has 0 aromatic heterocycles. The molecular weight excluding hydrogens is 441 g/mol. The van der Waals surface area contributed by atoms with Crippen molar-refractivity contribution in [1.29, 1.82) is 0 Å². The van der Waals surface area contributed by atoms with E-state index in [9.17, 15) is 14.0 Å². The molecule has 0 fully saturated rings. The molecule has 1 heterocycles. The fraction of sp³-hybridized carbons (Fsp3) is 0.154.